The van der Waals surface area contributed by atoms with Gasteiger partial charge in [-0.1, -0.05) is 22.9 Å². The van der Waals surface area contributed by atoms with Crippen molar-refractivity contribution in [3.8, 4) is 0 Å². The normalized spacial score (nSPS) is 15.2. The van der Waals surface area contributed by atoms with Gasteiger partial charge in [-0.15, -0.1) is 11.3 Å². The number of halogens is 1. The van der Waals surface area contributed by atoms with Crippen LogP contribution in [0, 0.1) is 0 Å². The molecule has 2 aromatic rings. The van der Waals surface area contributed by atoms with Crippen LogP contribution >= 0.6 is 34.3 Å². The summed E-state index contributed by atoms with van der Waals surface area (Å²) in [5.74, 6) is 0. The summed E-state index contributed by atoms with van der Waals surface area (Å²) in [5.41, 5.74) is 0.803. The molecule has 0 aliphatic carbocycles. The summed E-state index contributed by atoms with van der Waals surface area (Å²) in [6.07, 6.45) is -0.110. The highest BCUT2D eigenvalue weighted by Gasteiger charge is 2.31. The van der Waals surface area contributed by atoms with Gasteiger partial charge in [-0.05, 0) is 12.1 Å². The number of amides is 1. The van der Waals surface area contributed by atoms with Crippen molar-refractivity contribution in [2.45, 2.75) is 17.2 Å². The number of carbonyl (C=O) groups is 1. The molecular weight excluding hydrogens is 382 g/mol. The zero-order valence-corrected chi connectivity index (χ0v) is 15.1. The van der Waals surface area contributed by atoms with Gasteiger partial charge in [-0.3, -0.25) is 5.32 Å². The Morgan fingerprint density at radius 2 is 2.22 bits per heavy atom. The van der Waals surface area contributed by atoms with Gasteiger partial charge in [-0.25, -0.2) is 18.2 Å². The number of anilines is 1. The maximum Gasteiger partial charge on any atom is 0.413 e. The molecule has 1 aliphatic heterocycles. The van der Waals surface area contributed by atoms with Gasteiger partial charge >= 0.3 is 6.09 Å². The lowest BCUT2D eigenvalue weighted by molar-refractivity contribution is 0.187. The number of hydrogen-bond acceptors (Lipinski definition) is 7. The molecule has 1 aliphatic rings. The second-order valence-electron chi connectivity index (χ2n) is 4.65. The van der Waals surface area contributed by atoms with Crippen molar-refractivity contribution in [2.24, 2.45) is 0 Å². The predicted octanol–water partition coefficient (Wildman–Crippen LogP) is 2.78. The number of rotatable bonds is 3. The summed E-state index contributed by atoms with van der Waals surface area (Å²) < 4.78 is 31.8. The third-order valence-electron chi connectivity index (χ3n) is 3.23. The van der Waals surface area contributed by atoms with Crippen molar-refractivity contribution in [1.29, 1.82) is 0 Å². The zero-order valence-electron chi connectivity index (χ0n) is 11.9. The molecule has 1 amide bonds. The number of carbonyl (C=O) groups excluding carboxylic acids is 1. The first-order chi connectivity index (χ1) is 10.9. The van der Waals surface area contributed by atoms with Gasteiger partial charge in [0.2, 0.25) is 0 Å². The Bertz CT molecular complexity index is 846. The molecule has 11 heteroatoms. The SMILES string of the molecule is COC(=O)Nc1nc2c(s1)CN(S(=O)(=O)c1ccc(Cl)s1)CC2. The molecule has 0 atom stereocenters. The Balaban J connectivity index is 1.81. The molecule has 1 N–H and O–H groups in total. The smallest absolute Gasteiger partial charge is 0.413 e. The lowest BCUT2D eigenvalue weighted by Gasteiger charge is -2.24. The Kier molecular flexibility index (Phi) is 4.61. The van der Waals surface area contributed by atoms with Gasteiger partial charge in [0.1, 0.15) is 4.21 Å². The molecule has 7 nitrogen and oxygen atoms in total. The highest BCUT2D eigenvalue weighted by molar-refractivity contribution is 7.91. The van der Waals surface area contributed by atoms with Gasteiger partial charge < -0.3 is 4.74 Å². The summed E-state index contributed by atoms with van der Waals surface area (Å²) in [6, 6.07) is 3.08. The third kappa shape index (κ3) is 3.36. The number of aromatic nitrogens is 1. The summed E-state index contributed by atoms with van der Waals surface area (Å²) >= 11 is 8.11. The van der Waals surface area contributed by atoms with Crippen molar-refractivity contribution in [3.63, 3.8) is 0 Å². The van der Waals surface area contributed by atoms with Gasteiger partial charge in [0.25, 0.3) is 10.0 Å². The lowest BCUT2D eigenvalue weighted by atomic mass is 10.2. The van der Waals surface area contributed by atoms with Gasteiger partial charge in [-0.2, -0.15) is 4.31 Å². The quantitative estimate of drug-likeness (QED) is 0.866. The number of nitrogens with one attached hydrogen (secondary N) is 1. The number of thiazole rings is 1. The number of ether oxygens (including phenoxy) is 1. The van der Waals surface area contributed by atoms with E-state index in [2.05, 4.69) is 15.0 Å². The molecule has 0 saturated heterocycles. The molecule has 23 heavy (non-hydrogen) atoms. The molecule has 0 spiro atoms. The topological polar surface area (TPSA) is 88.6 Å². The number of sulfonamides is 1. The Morgan fingerprint density at radius 1 is 1.43 bits per heavy atom. The number of hydrogen-bond donors (Lipinski definition) is 1. The largest absolute Gasteiger partial charge is 0.453 e. The van der Waals surface area contributed by atoms with Crippen LogP contribution in [0.4, 0.5) is 9.93 Å². The van der Waals surface area contributed by atoms with Crippen LogP contribution in [0.2, 0.25) is 4.34 Å². The average molecular weight is 394 g/mol. The maximum atomic E-state index is 12.6. The van der Waals surface area contributed by atoms with E-state index in [9.17, 15) is 13.2 Å². The second-order valence-corrected chi connectivity index (χ2v) is 9.62. The molecule has 0 saturated carbocycles. The van der Waals surface area contributed by atoms with Crippen LogP contribution in [0.15, 0.2) is 16.3 Å². The van der Waals surface area contributed by atoms with Crippen LogP contribution in [0.5, 0.6) is 0 Å². The first-order valence-electron chi connectivity index (χ1n) is 6.49. The second kappa shape index (κ2) is 6.36. The van der Waals surface area contributed by atoms with E-state index in [-0.39, 0.29) is 10.8 Å². The summed E-state index contributed by atoms with van der Waals surface area (Å²) in [7, 11) is -2.30. The van der Waals surface area contributed by atoms with Gasteiger partial charge in [0.05, 0.1) is 23.7 Å². The minimum Gasteiger partial charge on any atom is -0.453 e. The highest BCUT2D eigenvalue weighted by atomic mass is 35.5. The Morgan fingerprint density at radius 3 is 2.87 bits per heavy atom. The van der Waals surface area contributed by atoms with E-state index < -0.39 is 16.1 Å². The van der Waals surface area contributed by atoms with Crippen LogP contribution < -0.4 is 5.32 Å². The van der Waals surface area contributed by atoms with E-state index in [1.807, 2.05) is 0 Å². The van der Waals surface area contributed by atoms with Gasteiger partial charge in [0, 0.05) is 17.8 Å². The summed E-state index contributed by atoms with van der Waals surface area (Å²) in [4.78, 5) is 16.3. The van der Waals surface area contributed by atoms with E-state index in [1.165, 1.54) is 28.8 Å². The first kappa shape index (κ1) is 16.7. The number of methoxy groups -OCH3 is 1. The van der Waals surface area contributed by atoms with Crippen molar-refractivity contribution in [3.05, 3.63) is 27.0 Å². The van der Waals surface area contributed by atoms with Crippen LogP contribution in [0.1, 0.15) is 10.6 Å². The van der Waals surface area contributed by atoms with E-state index in [0.29, 0.717) is 22.4 Å². The fraction of sp³-hybridized carbons (Fsp3) is 0.333. The first-order valence-corrected chi connectivity index (χ1v) is 9.94. The number of thiophene rings is 1. The van der Waals surface area contributed by atoms with E-state index in [0.717, 1.165) is 21.9 Å². The van der Waals surface area contributed by atoms with Crippen LogP contribution in [-0.2, 0) is 27.7 Å². The molecule has 0 aromatic carbocycles. The lowest BCUT2D eigenvalue weighted by Crippen LogP contribution is -2.35. The molecular formula is C12H12ClN3O4S3. The van der Waals surface area contributed by atoms with E-state index in [4.69, 9.17) is 11.6 Å². The van der Waals surface area contributed by atoms with E-state index in [1.54, 1.807) is 6.07 Å². The molecule has 3 heterocycles. The molecule has 124 valence electrons. The number of nitrogens with zero attached hydrogens (tertiary/aromatic N) is 2. The standard InChI is InChI=1S/C12H12ClN3O4S3/c1-20-12(17)15-11-14-7-4-5-16(6-8(7)21-11)23(18,19)10-3-2-9(13)22-10/h2-3H,4-6H2,1H3,(H,14,15,17). The third-order valence-corrected chi connectivity index (χ3v) is 7.77. The fourth-order valence-electron chi connectivity index (χ4n) is 2.13. The average Bonchev–Trinajstić information content (AvgIpc) is 3.12. The highest BCUT2D eigenvalue weighted by Crippen LogP contribution is 2.33. The van der Waals surface area contributed by atoms with Crippen LogP contribution in [-0.4, -0.2) is 37.5 Å². The Hall–Kier alpha value is -1.20. The molecule has 0 radical (unpaired) electrons. The molecule has 2 aromatic heterocycles. The molecule has 0 bridgehead atoms. The summed E-state index contributed by atoms with van der Waals surface area (Å²) in [6.45, 7) is 0.569. The minimum atomic E-state index is -3.57. The molecule has 0 unspecified atom stereocenters. The van der Waals surface area contributed by atoms with Crippen LogP contribution in [0.3, 0.4) is 0 Å². The summed E-state index contributed by atoms with van der Waals surface area (Å²) in [5, 5.41) is 2.90. The Labute approximate surface area is 145 Å². The van der Waals surface area contributed by atoms with Gasteiger partial charge in [0.15, 0.2) is 5.13 Å². The molecule has 0 fully saturated rings. The number of fused-ring (bicyclic) bond motifs is 1. The predicted molar refractivity (Wildman–Crippen MR) is 88.8 cm³/mol. The van der Waals surface area contributed by atoms with Crippen molar-refractivity contribution >= 4 is 55.5 Å². The van der Waals surface area contributed by atoms with Crippen molar-refractivity contribution in [1.82, 2.24) is 9.29 Å². The van der Waals surface area contributed by atoms with E-state index >= 15 is 0 Å². The maximum absolute atomic E-state index is 12.6. The van der Waals surface area contributed by atoms with Crippen LogP contribution in [0.25, 0.3) is 0 Å². The molecule has 3 rings (SSSR count). The minimum absolute atomic E-state index is 0.225. The van der Waals surface area contributed by atoms with Crippen molar-refractivity contribution in [2.75, 3.05) is 19.0 Å². The van der Waals surface area contributed by atoms with Crippen molar-refractivity contribution < 1.29 is 17.9 Å². The fourth-order valence-corrected chi connectivity index (χ4v) is 6.27. The monoisotopic (exact) mass is 393 g/mol. The zero-order chi connectivity index (χ0) is 16.6.